The van der Waals surface area contributed by atoms with Gasteiger partial charge < -0.3 is 16.3 Å². The first-order valence-corrected chi connectivity index (χ1v) is 5.29. The minimum atomic E-state index is -0.478. The predicted octanol–water partition coefficient (Wildman–Crippen LogP) is 0.645. The van der Waals surface area contributed by atoms with Crippen LogP contribution in [0.2, 0.25) is 0 Å². The number of nitrogens with one attached hydrogen (secondary N) is 1. The highest BCUT2D eigenvalue weighted by atomic mass is 16.4. The van der Waals surface area contributed by atoms with E-state index in [0.29, 0.717) is 12.0 Å². The van der Waals surface area contributed by atoms with E-state index in [1.807, 2.05) is 13.8 Å². The van der Waals surface area contributed by atoms with Crippen LogP contribution < -0.4 is 11.1 Å². The number of nitrogens with zero attached hydrogens (tertiary/aromatic N) is 2. The van der Waals surface area contributed by atoms with Crippen molar-refractivity contribution in [1.29, 1.82) is 0 Å². The molecule has 1 rings (SSSR count). The number of amides is 1. The van der Waals surface area contributed by atoms with E-state index in [2.05, 4.69) is 15.5 Å². The second kappa shape index (κ2) is 5.83. The summed E-state index contributed by atoms with van der Waals surface area (Å²) in [5.41, 5.74) is 6.73. The Morgan fingerprint density at radius 3 is 2.82 bits per heavy atom. The predicted molar refractivity (Wildman–Crippen MR) is 63.9 cm³/mol. The van der Waals surface area contributed by atoms with Gasteiger partial charge >= 0.3 is 0 Å². The van der Waals surface area contributed by atoms with Crippen LogP contribution in [0.3, 0.4) is 0 Å². The van der Waals surface area contributed by atoms with Crippen molar-refractivity contribution in [3.63, 3.8) is 0 Å². The zero-order valence-electron chi connectivity index (χ0n) is 9.84. The molecule has 0 aliphatic rings. The van der Waals surface area contributed by atoms with Crippen LogP contribution in [0.1, 0.15) is 29.4 Å². The third-order valence-electron chi connectivity index (χ3n) is 2.36. The van der Waals surface area contributed by atoms with Gasteiger partial charge in [-0.3, -0.25) is 9.78 Å². The molecule has 1 amide bonds. The van der Waals surface area contributed by atoms with Crippen molar-refractivity contribution in [2.75, 3.05) is 0 Å². The summed E-state index contributed by atoms with van der Waals surface area (Å²) in [4.78, 5) is 15.8. The van der Waals surface area contributed by atoms with Crippen LogP contribution in [0.4, 0.5) is 0 Å². The molecule has 1 atom stereocenters. The quantitative estimate of drug-likeness (QED) is 0.309. The average Bonchev–Trinajstić information content (AvgIpc) is 2.35. The van der Waals surface area contributed by atoms with E-state index in [1.165, 1.54) is 6.20 Å². The van der Waals surface area contributed by atoms with Crippen molar-refractivity contribution < 1.29 is 10.0 Å². The third-order valence-corrected chi connectivity index (χ3v) is 2.36. The number of rotatable bonds is 4. The first-order chi connectivity index (χ1) is 8.08. The van der Waals surface area contributed by atoms with E-state index < -0.39 is 6.04 Å². The molecule has 0 fully saturated rings. The maximum absolute atomic E-state index is 11.8. The third kappa shape index (κ3) is 3.44. The highest BCUT2D eigenvalue weighted by Crippen LogP contribution is 2.01. The van der Waals surface area contributed by atoms with E-state index in [9.17, 15) is 4.79 Å². The number of oxime groups is 1. The molecule has 0 saturated heterocycles. The number of hydrogen-bond donors (Lipinski definition) is 3. The second-order valence-electron chi connectivity index (χ2n) is 3.65. The Hall–Kier alpha value is -2.11. The molecule has 1 aromatic heterocycles. The number of carbonyl (C=O) groups is 1. The monoisotopic (exact) mass is 236 g/mol. The summed E-state index contributed by atoms with van der Waals surface area (Å²) in [6.07, 6.45) is 2.03. The Balaban J connectivity index is 2.74. The van der Waals surface area contributed by atoms with E-state index in [1.54, 1.807) is 12.1 Å². The molecule has 4 N–H and O–H groups in total. The summed E-state index contributed by atoms with van der Waals surface area (Å²) in [5, 5.41) is 14.1. The van der Waals surface area contributed by atoms with Gasteiger partial charge in [0.15, 0.2) is 5.84 Å². The van der Waals surface area contributed by atoms with Crippen molar-refractivity contribution in [3.05, 3.63) is 29.6 Å². The fourth-order valence-electron chi connectivity index (χ4n) is 1.30. The fraction of sp³-hybridized carbons (Fsp3) is 0.364. The SMILES string of the molecule is CCC(NC(=O)c1ccc(C)nc1)/C(N)=N/O. The number of aryl methyl sites for hydroxylation is 1. The first-order valence-electron chi connectivity index (χ1n) is 5.29. The molecule has 6 nitrogen and oxygen atoms in total. The van der Waals surface area contributed by atoms with Gasteiger partial charge in [0.25, 0.3) is 5.91 Å². The van der Waals surface area contributed by atoms with Gasteiger partial charge in [0.05, 0.1) is 11.6 Å². The van der Waals surface area contributed by atoms with Crippen molar-refractivity contribution in [2.24, 2.45) is 10.9 Å². The van der Waals surface area contributed by atoms with Crippen LogP contribution in [0.25, 0.3) is 0 Å². The van der Waals surface area contributed by atoms with Gasteiger partial charge in [0.2, 0.25) is 0 Å². The molecule has 6 heteroatoms. The average molecular weight is 236 g/mol. The lowest BCUT2D eigenvalue weighted by Gasteiger charge is -2.15. The van der Waals surface area contributed by atoms with Crippen molar-refractivity contribution in [1.82, 2.24) is 10.3 Å². The summed E-state index contributed by atoms with van der Waals surface area (Å²) in [6.45, 7) is 3.67. The van der Waals surface area contributed by atoms with Crippen LogP contribution in [0.15, 0.2) is 23.5 Å². The lowest BCUT2D eigenvalue weighted by Crippen LogP contribution is -2.44. The van der Waals surface area contributed by atoms with Crippen molar-refractivity contribution in [2.45, 2.75) is 26.3 Å². The molecular formula is C11H16N4O2. The molecule has 0 bridgehead atoms. The Bertz CT molecular complexity index is 414. The molecule has 0 saturated carbocycles. The number of hydrogen-bond acceptors (Lipinski definition) is 4. The van der Waals surface area contributed by atoms with Gasteiger partial charge in [0, 0.05) is 11.9 Å². The minimum absolute atomic E-state index is 0.0130. The van der Waals surface area contributed by atoms with Crippen molar-refractivity contribution >= 4 is 11.7 Å². The molecule has 0 radical (unpaired) electrons. The summed E-state index contributed by atoms with van der Waals surface area (Å²) >= 11 is 0. The molecule has 1 unspecified atom stereocenters. The molecule has 1 heterocycles. The summed E-state index contributed by atoms with van der Waals surface area (Å²) in [7, 11) is 0. The molecule has 17 heavy (non-hydrogen) atoms. The topological polar surface area (TPSA) is 101 Å². The Labute approximate surface area is 99.5 Å². The molecule has 0 spiro atoms. The summed E-state index contributed by atoms with van der Waals surface area (Å²) in [6, 6.07) is 2.95. The molecule has 1 aromatic rings. The van der Waals surface area contributed by atoms with Gasteiger partial charge in [-0.1, -0.05) is 12.1 Å². The zero-order valence-corrected chi connectivity index (χ0v) is 9.84. The molecule has 0 aliphatic carbocycles. The largest absolute Gasteiger partial charge is 0.409 e. The highest BCUT2D eigenvalue weighted by Gasteiger charge is 2.15. The molecular weight excluding hydrogens is 220 g/mol. The highest BCUT2D eigenvalue weighted by molar-refractivity contribution is 5.97. The lowest BCUT2D eigenvalue weighted by molar-refractivity contribution is 0.0945. The van der Waals surface area contributed by atoms with E-state index in [-0.39, 0.29) is 11.7 Å². The van der Waals surface area contributed by atoms with Gasteiger partial charge in [0.1, 0.15) is 0 Å². The maximum atomic E-state index is 11.8. The normalized spacial score (nSPS) is 13.2. The number of nitrogens with two attached hydrogens (primary N) is 1. The Kier molecular flexibility index (Phi) is 4.45. The number of amidine groups is 1. The van der Waals surface area contributed by atoms with E-state index in [0.717, 1.165) is 5.69 Å². The second-order valence-corrected chi connectivity index (χ2v) is 3.65. The van der Waals surface area contributed by atoms with Crippen LogP contribution >= 0.6 is 0 Å². The molecule has 92 valence electrons. The van der Waals surface area contributed by atoms with E-state index >= 15 is 0 Å². The van der Waals surface area contributed by atoms with Crippen LogP contribution in [-0.4, -0.2) is 28.0 Å². The van der Waals surface area contributed by atoms with Crippen LogP contribution in [-0.2, 0) is 0 Å². The number of carbonyl (C=O) groups excluding carboxylic acids is 1. The van der Waals surface area contributed by atoms with Gasteiger partial charge in [-0.15, -0.1) is 0 Å². The summed E-state index contributed by atoms with van der Waals surface area (Å²) < 4.78 is 0. The Morgan fingerprint density at radius 2 is 2.35 bits per heavy atom. The number of pyridine rings is 1. The molecule has 0 aliphatic heterocycles. The lowest BCUT2D eigenvalue weighted by atomic mass is 10.2. The van der Waals surface area contributed by atoms with Gasteiger partial charge in [-0.2, -0.15) is 0 Å². The maximum Gasteiger partial charge on any atom is 0.253 e. The standard InChI is InChI=1S/C11H16N4O2/c1-3-9(10(12)15-17)14-11(16)8-5-4-7(2)13-6-8/h4-6,9,17H,3H2,1-2H3,(H2,12,15)(H,14,16). The first kappa shape index (κ1) is 13.0. The summed E-state index contributed by atoms with van der Waals surface area (Å²) in [5.74, 6) is -0.308. The minimum Gasteiger partial charge on any atom is -0.409 e. The molecule has 0 aromatic carbocycles. The fourth-order valence-corrected chi connectivity index (χ4v) is 1.30. The van der Waals surface area contributed by atoms with E-state index in [4.69, 9.17) is 10.9 Å². The number of aromatic nitrogens is 1. The van der Waals surface area contributed by atoms with Crippen LogP contribution in [0, 0.1) is 6.92 Å². The Morgan fingerprint density at radius 1 is 1.65 bits per heavy atom. The van der Waals surface area contributed by atoms with Crippen LogP contribution in [0.5, 0.6) is 0 Å². The van der Waals surface area contributed by atoms with Gasteiger partial charge in [-0.25, -0.2) is 0 Å². The van der Waals surface area contributed by atoms with Gasteiger partial charge in [-0.05, 0) is 25.5 Å². The van der Waals surface area contributed by atoms with Crippen molar-refractivity contribution in [3.8, 4) is 0 Å². The zero-order chi connectivity index (χ0) is 12.8. The smallest absolute Gasteiger partial charge is 0.253 e.